The summed E-state index contributed by atoms with van der Waals surface area (Å²) in [5.74, 6) is 0.858. The van der Waals surface area contributed by atoms with E-state index in [9.17, 15) is 4.79 Å². The molecule has 0 spiro atoms. The number of carbonyl (C=O) groups excluding carboxylic acids is 1. The van der Waals surface area contributed by atoms with Crippen molar-refractivity contribution < 1.29 is 9.53 Å². The highest BCUT2D eigenvalue weighted by Gasteiger charge is 2.31. The molecular weight excluding hydrogens is 516 g/mol. The number of fused-ring (bicyclic) bond motifs is 1. The Morgan fingerprint density at radius 3 is 2.37 bits per heavy atom. The van der Waals surface area contributed by atoms with E-state index in [1.165, 1.54) is 12.8 Å². The van der Waals surface area contributed by atoms with Crippen molar-refractivity contribution in [2.45, 2.75) is 60.0 Å². The maximum Gasteiger partial charge on any atom is 0.413 e. The SMILES string of the molecule is CC.CC.CCOC(=O)Nc1nc2c(-c3ncccn3)cc(-c3ccc(CN4CCN(C5CC5)CC4)nc3)cc2[nH]1. The van der Waals surface area contributed by atoms with Crippen LogP contribution < -0.4 is 5.32 Å². The van der Waals surface area contributed by atoms with E-state index in [0.29, 0.717) is 17.3 Å². The van der Waals surface area contributed by atoms with Gasteiger partial charge in [-0.15, -0.1) is 0 Å². The maximum absolute atomic E-state index is 11.9. The minimum absolute atomic E-state index is 0.277. The van der Waals surface area contributed by atoms with E-state index in [4.69, 9.17) is 9.72 Å². The van der Waals surface area contributed by atoms with Crippen molar-refractivity contribution in [3.63, 3.8) is 0 Å². The van der Waals surface area contributed by atoms with Crippen LogP contribution in [-0.2, 0) is 11.3 Å². The van der Waals surface area contributed by atoms with Crippen molar-refractivity contribution in [3.05, 3.63) is 54.6 Å². The average molecular weight is 559 g/mol. The topological polar surface area (TPSA) is 112 Å². The van der Waals surface area contributed by atoms with Crippen LogP contribution in [0.5, 0.6) is 0 Å². The zero-order valence-electron chi connectivity index (χ0n) is 24.9. The Morgan fingerprint density at radius 1 is 1.00 bits per heavy atom. The molecule has 1 saturated carbocycles. The number of H-pyrrole nitrogens is 1. The fourth-order valence-corrected chi connectivity index (χ4v) is 4.86. The molecule has 0 atom stereocenters. The predicted octanol–water partition coefficient (Wildman–Crippen LogP) is 5.98. The summed E-state index contributed by atoms with van der Waals surface area (Å²) < 4.78 is 4.98. The lowest BCUT2D eigenvalue weighted by atomic mass is 10.0. The second kappa shape index (κ2) is 14.7. The normalized spacial score (nSPS) is 15.3. The number of hydrogen-bond acceptors (Lipinski definition) is 8. The molecule has 10 heteroatoms. The van der Waals surface area contributed by atoms with Crippen LogP contribution in [0.3, 0.4) is 0 Å². The van der Waals surface area contributed by atoms with Crippen LogP contribution >= 0.6 is 0 Å². The average Bonchev–Trinajstić information content (AvgIpc) is 3.80. The molecule has 1 aliphatic carbocycles. The summed E-state index contributed by atoms with van der Waals surface area (Å²) in [6.45, 7) is 15.4. The molecule has 1 saturated heterocycles. The van der Waals surface area contributed by atoms with Gasteiger partial charge in [-0.1, -0.05) is 33.8 Å². The summed E-state index contributed by atoms with van der Waals surface area (Å²) in [5.41, 5.74) is 5.19. The third kappa shape index (κ3) is 7.65. The molecule has 2 fully saturated rings. The molecule has 41 heavy (non-hydrogen) atoms. The van der Waals surface area contributed by atoms with Crippen LogP contribution in [0.25, 0.3) is 33.5 Å². The van der Waals surface area contributed by atoms with E-state index in [1.54, 1.807) is 25.4 Å². The van der Waals surface area contributed by atoms with Gasteiger partial charge < -0.3 is 9.72 Å². The molecule has 0 bridgehead atoms. The van der Waals surface area contributed by atoms with Gasteiger partial charge in [-0.25, -0.2) is 19.7 Å². The monoisotopic (exact) mass is 558 g/mol. The van der Waals surface area contributed by atoms with Crippen molar-refractivity contribution in [1.29, 1.82) is 0 Å². The third-order valence-corrected chi connectivity index (χ3v) is 6.90. The number of benzene rings is 1. The number of carbonyl (C=O) groups is 1. The fourth-order valence-electron chi connectivity index (χ4n) is 4.86. The van der Waals surface area contributed by atoms with Gasteiger partial charge in [0.1, 0.15) is 5.52 Å². The summed E-state index contributed by atoms with van der Waals surface area (Å²) in [6, 6.07) is 10.8. The number of pyridine rings is 1. The third-order valence-electron chi connectivity index (χ3n) is 6.90. The van der Waals surface area contributed by atoms with Gasteiger partial charge in [-0.2, -0.15) is 0 Å². The van der Waals surface area contributed by atoms with E-state index < -0.39 is 6.09 Å². The smallest absolute Gasteiger partial charge is 0.413 e. The first-order valence-electron chi connectivity index (χ1n) is 14.8. The van der Waals surface area contributed by atoms with Crippen molar-refractivity contribution in [1.82, 2.24) is 34.7 Å². The lowest BCUT2D eigenvalue weighted by molar-refractivity contribution is 0.120. The van der Waals surface area contributed by atoms with Crippen LogP contribution in [0.1, 0.15) is 53.2 Å². The molecule has 1 aromatic carbocycles. The molecule has 218 valence electrons. The van der Waals surface area contributed by atoms with Gasteiger partial charge in [0.25, 0.3) is 0 Å². The molecule has 4 aromatic rings. The Balaban J connectivity index is 0.000000929. The minimum Gasteiger partial charge on any atom is -0.450 e. The van der Waals surface area contributed by atoms with Gasteiger partial charge in [-0.05, 0) is 49.6 Å². The highest BCUT2D eigenvalue weighted by atomic mass is 16.5. The predicted molar refractivity (Wildman–Crippen MR) is 164 cm³/mol. The van der Waals surface area contributed by atoms with Crippen molar-refractivity contribution in [2.24, 2.45) is 0 Å². The van der Waals surface area contributed by atoms with Crippen LogP contribution in [-0.4, -0.2) is 79.6 Å². The first-order chi connectivity index (χ1) is 20.2. The molecule has 10 nitrogen and oxygen atoms in total. The number of anilines is 1. The number of aromatic amines is 1. The van der Waals surface area contributed by atoms with E-state index in [1.807, 2.05) is 46.0 Å². The van der Waals surface area contributed by atoms with Crippen LogP contribution in [0.2, 0.25) is 0 Å². The second-order valence-corrected chi connectivity index (χ2v) is 9.50. The standard InChI is InChI=1S/C27H30N8O2.2C2H6/c1-2-37-27(36)33-26-31-23-15-19(14-22(24(23)32-26)25-28-8-3-9-29-25)18-4-5-20(30-16-18)17-34-10-12-35(13-11-34)21-6-7-21;2*1-2/h3-5,8-9,14-16,21H,2,6-7,10-13,17H2,1H3,(H2,31,32,33,36);2*1-2H3. The molecule has 1 amide bonds. The van der Waals surface area contributed by atoms with E-state index in [2.05, 4.69) is 47.2 Å². The molecule has 2 N–H and O–H groups in total. The van der Waals surface area contributed by atoms with Gasteiger partial charge in [0.2, 0.25) is 5.95 Å². The Hall–Kier alpha value is -3.89. The molecular formula is C31H42N8O2. The summed E-state index contributed by atoms with van der Waals surface area (Å²) >= 11 is 0. The molecule has 4 heterocycles. The first kappa shape index (κ1) is 30.1. The first-order valence-corrected chi connectivity index (χ1v) is 14.8. The summed E-state index contributed by atoms with van der Waals surface area (Å²) in [7, 11) is 0. The minimum atomic E-state index is -0.562. The van der Waals surface area contributed by atoms with Crippen molar-refractivity contribution in [3.8, 4) is 22.5 Å². The van der Waals surface area contributed by atoms with E-state index >= 15 is 0 Å². The molecule has 1 aliphatic heterocycles. The zero-order valence-corrected chi connectivity index (χ0v) is 24.9. The molecule has 0 radical (unpaired) electrons. The zero-order chi connectivity index (χ0) is 29.2. The Kier molecular flexibility index (Phi) is 10.8. The highest BCUT2D eigenvalue weighted by Crippen LogP contribution is 2.32. The van der Waals surface area contributed by atoms with Crippen LogP contribution in [0.15, 0.2) is 48.9 Å². The molecule has 0 unspecified atom stereocenters. The van der Waals surface area contributed by atoms with Crippen LogP contribution in [0, 0.1) is 0 Å². The van der Waals surface area contributed by atoms with Crippen molar-refractivity contribution in [2.75, 3.05) is 38.1 Å². The fraction of sp³-hybridized carbons (Fsp3) is 0.452. The molecule has 6 rings (SSSR count). The highest BCUT2D eigenvalue weighted by molar-refractivity contribution is 5.96. The summed E-state index contributed by atoms with van der Waals surface area (Å²) in [6.07, 6.45) is 7.50. The van der Waals surface area contributed by atoms with Gasteiger partial charge >= 0.3 is 6.09 Å². The second-order valence-electron chi connectivity index (χ2n) is 9.50. The number of piperazine rings is 1. The Labute approximate surface area is 242 Å². The number of ether oxygens (including phenoxy) is 1. The van der Waals surface area contributed by atoms with Gasteiger partial charge in [0.05, 0.1) is 17.8 Å². The summed E-state index contributed by atoms with van der Waals surface area (Å²) in [5, 5.41) is 2.64. The molecule has 2 aliphatic rings. The molecule has 3 aromatic heterocycles. The van der Waals surface area contributed by atoms with Gasteiger partial charge in [-0.3, -0.25) is 20.1 Å². The lowest BCUT2D eigenvalue weighted by Crippen LogP contribution is -2.46. The number of amides is 1. The van der Waals surface area contributed by atoms with Crippen LogP contribution in [0.4, 0.5) is 10.7 Å². The summed E-state index contributed by atoms with van der Waals surface area (Å²) in [4.78, 5) is 38.4. The Bertz CT molecular complexity index is 1380. The number of nitrogens with zero attached hydrogens (tertiary/aromatic N) is 6. The quantitative estimate of drug-likeness (QED) is 0.285. The van der Waals surface area contributed by atoms with E-state index in [-0.39, 0.29) is 6.61 Å². The number of imidazole rings is 1. The maximum atomic E-state index is 11.9. The Morgan fingerprint density at radius 2 is 1.73 bits per heavy atom. The number of nitrogens with one attached hydrogen (secondary N) is 2. The van der Waals surface area contributed by atoms with Gasteiger partial charge in [0, 0.05) is 68.5 Å². The largest absolute Gasteiger partial charge is 0.450 e. The number of rotatable bonds is 7. The van der Waals surface area contributed by atoms with Gasteiger partial charge in [0.15, 0.2) is 5.82 Å². The number of hydrogen-bond donors (Lipinski definition) is 2. The van der Waals surface area contributed by atoms with E-state index in [0.717, 1.165) is 66.7 Å². The number of aromatic nitrogens is 5. The lowest BCUT2D eigenvalue weighted by Gasteiger charge is -2.34. The van der Waals surface area contributed by atoms with Crippen molar-refractivity contribution >= 4 is 23.1 Å².